The van der Waals surface area contributed by atoms with Crippen molar-refractivity contribution in [3.8, 4) is 5.75 Å². The number of ether oxygens (including phenoxy) is 1. The number of carbonyl (C=O) groups is 3. The van der Waals surface area contributed by atoms with E-state index in [4.69, 9.17) is 4.74 Å². The zero-order valence-electron chi connectivity index (χ0n) is 18.4. The fraction of sp³-hybridized carbons (Fsp3) is 0.609. The minimum Gasteiger partial charge on any atom is -0.497 e. The van der Waals surface area contributed by atoms with Gasteiger partial charge in [-0.3, -0.25) is 19.8 Å². The van der Waals surface area contributed by atoms with Crippen LogP contribution >= 0.6 is 0 Å². The van der Waals surface area contributed by atoms with Gasteiger partial charge in [-0.1, -0.05) is 25.0 Å². The lowest BCUT2D eigenvalue weighted by Crippen LogP contribution is -2.47. The third kappa shape index (κ3) is 7.54. The van der Waals surface area contributed by atoms with E-state index in [0.29, 0.717) is 32.5 Å². The smallest absolute Gasteiger partial charge is 0.321 e. The normalized spacial score (nSPS) is 17.8. The first-order valence-electron chi connectivity index (χ1n) is 11.3. The van der Waals surface area contributed by atoms with E-state index in [0.717, 1.165) is 50.0 Å². The number of hydrogen-bond acceptors (Lipinski definition) is 5. The summed E-state index contributed by atoms with van der Waals surface area (Å²) in [5, 5.41) is 5.30. The van der Waals surface area contributed by atoms with E-state index in [9.17, 15) is 14.4 Å². The highest BCUT2D eigenvalue weighted by atomic mass is 16.5. The molecule has 8 heteroatoms. The Morgan fingerprint density at radius 1 is 1.00 bits per heavy atom. The third-order valence-corrected chi connectivity index (χ3v) is 6.04. The lowest BCUT2D eigenvalue weighted by atomic mass is 10.1. The van der Waals surface area contributed by atoms with E-state index < -0.39 is 6.03 Å². The van der Waals surface area contributed by atoms with Crippen molar-refractivity contribution < 1.29 is 19.1 Å². The minimum atomic E-state index is -0.401. The molecule has 1 heterocycles. The van der Waals surface area contributed by atoms with Gasteiger partial charge in [0.1, 0.15) is 5.75 Å². The van der Waals surface area contributed by atoms with Crippen molar-refractivity contribution in [1.29, 1.82) is 0 Å². The van der Waals surface area contributed by atoms with Gasteiger partial charge in [-0.05, 0) is 43.4 Å². The standard InChI is InChI=1S/C23H34N4O4/c1-31-20-10-7-18(8-11-20)9-12-22(29)27-14-4-13-26(15-16-27)17-21(28)25-23(30)24-19-5-2-3-6-19/h7-8,10-11,19H,2-6,9,12-17H2,1H3,(H2,24,25,28,30). The average Bonchev–Trinajstić information content (AvgIpc) is 3.16. The molecule has 1 aromatic carbocycles. The summed E-state index contributed by atoms with van der Waals surface area (Å²) in [4.78, 5) is 40.7. The first-order valence-corrected chi connectivity index (χ1v) is 11.3. The predicted octanol–water partition coefficient (Wildman–Crippen LogP) is 1.93. The zero-order chi connectivity index (χ0) is 22.1. The quantitative estimate of drug-likeness (QED) is 0.690. The van der Waals surface area contributed by atoms with E-state index in [1.54, 1.807) is 7.11 Å². The van der Waals surface area contributed by atoms with Gasteiger partial charge in [0.05, 0.1) is 13.7 Å². The number of rotatable bonds is 7. The summed E-state index contributed by atoms with van der Waals surface area (Å²) < 4.78 is 5.16. The number of urea groups is 1. The van der Waals surface area contributed by atoms with E-state index in [1.807, 2.05) is 34.1 Å². The molecule has 1 saturated heterocycles. The van der Waals surface area contributed by atoms with Crippen LogP contribution in [0.15, 0.2) is 24.3 Å². The molecule has 4 amide bonds. The van der Waals surface area contributed by atoms with Crippen molar-refractivity contribution in [3.05, 3.63) is 29.8 Å². The highest BCUT2D eigenvalue weighted by Crippen LogP contribution is 2.17. The van der Waals surface area contributed by atoms with Crippen molar-refractivity contribution in [2.24, 2.45) is 0 Å². The fourth-order valence-corrected chi connectivity index (χ4v) is 4.24. The molecule has 2 aliphatic rings. The van der Waals surface area contributed by atoms with Gasteiger partial charge in [0.15, 0.2) is 0 Å². The maximum atomic E-state index is 12.6. The van der Waals surface area contributed by atoms with Gasteiger partial charge in [0.2, 0.25) is 11.8 Å². The summed E-state index contributed by atoms with van der Waals surface area (Å²) in [7, 11) is 1.63. The molecule has 1 saturated carbocycles. The number of nitrogens with zero attached hydrogens (tertiary/aromatic N) is 2. The maximum Gasteiger partial charge on any atom is 0.321 e. The topological polar surface area (TPSA) is 91.0 Å². The second kappa shape index (κ2) is 11.7. The first-order chi connectivity index (χ1) is 15.0. The maximum absolute atomic E-state index is 12.6. The highest BCUT2D eigenvalue weighted by Gasteiger charge is 2.22. The minimum absolute atomic E-state index is 0.137. The SMILES string of the molecule is COc1ccc(CCC(=O)N2CCCN(CC(=O)NC(=O)NC3CCCC3)CC2)cc1. The van der Waals surface area contributed by atoms with Crippen molar-refractivity contribution >= 4 is 17.8 Å². The Kier molecular flexibility index (Phi) is 8.70. The second-order valence-corrected chi connectivity index (χ2v) is 8.36. The number of nitrogens with one attached hydrogen (secondary N) is 2. The van der Waals surface area contributed by atoms with Crippen LogP contribution in [0.3, 0.4) is 0 Å². The molecule has 0 unspecified atom stereocenters. The van der Waals surface area contributed by atoms with Gasteiger partial charge in [-0.25, -0.2) is 4.79 Å². The molecule has 0 spiro atoms. The second-order valence-electron chi connectivity index (χ2n) is 8.36. The lowest BCUT2D eigenvalue weighted by Gasteiger charge is -2.22. The van der Waals surface area contributed by atoms with Crippen LogP contribution in [0.1, 0.15) is 44.1 Å². The van der Waals surface area contributed by atoms with Gasteiger partial charge in [0.25, 0.3) is 0 Å². The first kappa shape index (κ1) is 23.1. The number of methoxy groups -OCH3 is 1. The van der Waals surface area contributed by atoms with Crippen LogP contribution in [0, 0.1) is 0 Å². The summed E-state index contributed by atoms with van der Waals surface area (Å²) in [6.45, 7) is 2.84. The molecule has 2 fully saturated rings. The van der Waals surface area contributed by atoms with Crippen LogP contribution in [0.2, 0.25) is 0 Å². The Bertz CT molecular complexity index is 746. The van der Waals surface area contributed by atoms with Crippen molar-refractivity contribution in [3.63, 3.8) is 0 Å². The predicted molar refractivity (Wildman–Crippen MR) is 118 cm³/mol. The van der Waals surface area contributed by atoms with E-state index in [1.165, 1.54) is 0 Å². The molecule has 0 atom stereocenters. The molecule has 2 N–H and O–H groups in total. The molecule has 1 aromatic rings. The molecule has 3 rings (SSSR count). The number of aryl methyl sites for hydroxylation is 1. The Labute approximate surface area is 184 Å². The van der Waals surface area contributed by atoms with E-state index in [2.05, 4.69) is 10.6 Å². The summed E-state index contributed by atoms with van der Waals surface area (Å²) in [6, 6.07) is 7.56. The monoisotopic (exact) mass is 430 g/mol. The van der Waals surface area contributed by atoms with Crippen LogP contribution in [-0.4, -0.2) is 73.5 Å². The van der Waals surface area contributed by atoms with Crippen molar-refractivity contribution in [2.45, 2.75) is 51.0 Å². The van der Waals surface area contributed by atoms with Crippen LogP contribution in [-0.2, 0) is 16.0 Å². The number of benzene rings is 1. The number of carbonyl (C=O) groups excluding carboxylic acids is 3. The van der Waals surface area contributed by atoms with Gasteiger partial charge in [-0.15, -0.1) is 0 Å². The van der Waals surface area contributed by atoms with Crippen molar-refractivity contribution in [1.82, 2.24) is 20.4 Å². The number of hydrogen-bond donors (Lipinski definition) is 2. The van der Waals surface area contributed by atoms with Gasteiger partial charge in [0, 0.05) is 38.6 Å². The molecular formula is C23H34N4O4. The van der Waals surface area contributed by atoms with Crippen LogP contribution in [0.4, 0.5) is 4.79 Å². The zero-order valence-corrected chi connectivity index (χ0v) is 18.4. The molecular weight excluding hydrogens is 396 g/mol. The molecule has 0 aromatic heterocycles. The highest BCUT2D eigenvalue weighted by molar-refractivity contribution is 5.95. The molecule has 1 aliphatic carbocycles. The summed E-state index contributed by atoms with van der Waals surface area (Å²) in [5.74, 6) is 0.649. The Morgan fingerprint density at radius 3 is 2.45 bits per heavy atom. The summed E-state index contributed by atoms with van der Waals surface area (Å²) >= 11 is 0. The van der Waals surface area contributed by atoms with Crippen LogP contribution in [0.25, 0.3) is 0 Å². The molecule has 0 radical (unpaired) electrons. The van der Waals surface area contributed by atoms with Gasteiger partial charge < -0.3 is 15.0 Å². The largest absolute Gasteiger partial charge is 0.497 e. The molecule has 0 bridgehead atoms. The molecule has 8 nitrogen and oxygen atoms in total. The van der Waals surface area contributed by atoms with E-state index in [-0.39, 0.29) is 24.4 Å². The Morgan fingerprint density at radius 2 is 1.74 bits per heavy atom. The average molecular weight is 431 g/mol. The molecule has 170 valence electrons. The molecule has 31 heavy (non-hydrogen) atoms. The van der Waals surface area contributed by atoms with Gasteiger partial charge in [-0.2, -0.15) is 0 Å². The van der Waals surface area contributed by atoms with Crippen LogP contribution < -0.4 is 15.4 Å². The number of imide groups is 1. The Balaban J connectivity index is 1.37. The third-order valence-electron chi connectivity index (χ3n) is 6.04. The fourth-order valence-electron chi connectivity index (χ4n) is 4.24. The summed E-state index contributed by atoms with van der Waals surface area (Å²) in [5.41, 5.74) is 1.11. The van der Waals surface area contributed by atoms with Crippen molar-refractivity contribution in [2.75, 3.05) is 39.8 Å². The Hall–Kier alpha value is -2.61. The lowest BCUT2D eigenvalue weighted by molar-refractivity contribution is -0.131. The van der Waals surface area contributed by atoms with Gasteiger partial charge >= 0.3 is 6.03 Å². The van der Waals surface area contributed by atoms with Crippen LogP contribution in [0.5, 0.6) is 5.75 Å². The van der Waals surface area contributed by atoms with E-state index >= 15 is 0 Å². The number of amides is 4. The molecule has 1 aliphatic heterocycles. The summed E-state index contributed by atoms with van der Waals surface area (Å²) in [6.07, 6.45) is 6.20.